The molecule has 2 saturated carbocycles. The van der Waals surface area contributed by atoms with Crippen LogP contribution in [0.3, 0.4) is 0 Å². The van der Waals surface area contributed by atoms with Crippen molar-refractivity contribution in [2.24, 2.45) is 0 Å². The number of halogens is 2. The standard InChI is InChI=1S/C18H36N2.2ClH/c1(9-15-19-17-11-5-3-6-12-17)2-10-16-20-18-13-7-4-8-14-18;;/h17-20H,1-16H2;2*1H. The Bertz CT molecular complexity index is 203. The Kier molecular flexibility index (Phi) is 15.4. The highest BCUT2D eigenvalue weighted by Crippen LogP contribution is 2.18. The molecule has 4 heteroatoms. The first kappa shape index (κ1) is 22.5. The molecule has 0 aromatic carbocycles. The maximum absolute atomic E-state index is 3.75. The number of hydrogen-bond acceptors (Lipinski definition) is 2. The molecule has 22 heavy (non-hydrogen) atoms. The molecule has 0 aliphatic heterocycles. The fourth-order valence-corrected chi connectivity index (χ4v) is 3.83. The number of unbranched alkanes of at least 4 members (excludes halogenated alkanes) is 3. The van der Waals surface area contributed by atoms with Gasteiger partial charge in [-0.1, -0.05) is 51.4 Å². The summed E-state index contributed by atoms with van der Waals surface area (Å²) >= 11 is 0. The molecule has 2 N–H and O–H groups in total. The lowest BCUT2D eigenvalue weighted by Crippen LogP contribution is -2.32. The summed E-state index contributed by atoms with van der Waals surface area (Å²) in [6, 6.07) is 1.69. The Morgan fingerprint density at radius 3 is 1.23 bits per heavy atom. The highest BCUT2D eigenvalue weighted by molar-refractivity contribution is 5.85. The minimum absolute atomic E-state index is 0. The van der Waals surface area contributed by atoms with E-state index in [9.17, 15) is 0 Å². The van der Waals surface area contributed by atoms with E-state index in [1.54, 1.807) is 0 Å². The van der Waals surface area contributed by atoms with Crippen LogP contribution < -0.4 is 10.6 Å². The molecule has 134 valence electrons. The summed E-state index contributed by atoms with van der Waals surface area (Å²) in [4.78, 5) is 0. The van der Waals surface area contributed by atoms with Gasteiger partial charge in [0.05, 0.1) is 0 Å². The van der Waals surface area contributed by atoms with Gasteiger partial charge in [0.25, 0.3) is 0 Å². The number of rotatable bonds is 9. The van der Waals surface area contributed by atoms with Crippen molar-refractivity contribution in [2.45, 2.75) is 102 Å². The highest BCUT2D eigenvalue weighted by atomic mass is 35.5. The van der Waals surface area contributed by atoms with Crippen molar-refractivity contribution < 1.29 is 0 Å². The van der Waals surface area contributed by atoms with Gasteiger partial charge in [0.15, 0.2) is 0 Å². The Morgan fingerprint density at radius 1 is 0.500 bits per heavy atom. The van der Waals surface area contributed by atoms with Gasteiger partial charge in [0, 0.05) is 12.1 Å². The van der Waals surface area contributed by atoms with E-state index in [1.807, 2.05) is 0 Å². The topological polar surface area (TPSA) is 24.1 Å². The van der Waals surface area contributed by atoms with Crippen LogP contribution in [0.25, 0.3) is 0 Å². The zero-order valence-corrected chi connectivity index (χ0v) is 15.9. The van der Waals surface area contributed by atoms with Crippen LogP contribution in [0.2, 0.25) is 0 Å². The van der Waals surface area contributed by atoms with Gasteiger partial charge in [-0.15, -0.1) is 24.8 Å². The predicted octanol–water partition coefficient (Wildman–Crippen LogP) is 5.24. The summed E-state index contributed by atoms with van der Waals surface area (Å²) in [7, 11) is 0. The first-order chi connectivity index (χ1) is 9.95. The lowest BCUT2D eigenvalue weighted by Gasteiger charge is -2.23. The maximum atomic E-state index is 3.75. The smallest absolute Gasteiger partial charge is 0.00670 e. The van der Waals surface area contributed by atoms with Crippen molar-refractivity contribution in [2.75, 3.05) is 13.1 Å². The van der Waals surface area contributed by atoms with Crippen molar-refractivity contribution in [1.82, 2.24) is 10.6 Å². The van der Waals surface area contributed by atoms with Crippen LogP contribution in [-0.4, -0.2) is 25.2 Å². The van der Waals surface area contributed by atoms with Gasteiger partial charge in [-0.05, 0) is 51.6 Å². The summed E-state index contributed by atoms with van der Waals surface area (Å²) in [5.41, 5.74) is 0. The van der Waals surface area contributed by atoms with Crippen LogP contribution in [0.1, 0.15) is 89.9 Å². The Balaban J connectivity index is 0.00000220. The molecule has 2 aliphatic rings. The van der Waals surface area contributed by atoms with E-state index in [0.717, 1.165) is 12.1 Å². The van der Waals surface area contributed by atoms with Crippen LogP contribution in [0, 0.1) is 0 Å². The molecule has 2 aliphatic carbocycles. The summed E-state index contributed by atoms with van der Waals surface area (Å²) in [6.45, 7) is 2.50. The SMILES string of the molecule is C(CCCNC1CCCCC1)CCNC1CCCCC1.Cl.Cl. The second kappa shape index (κ2) is 15.1. The molecule has 0 unspecified atom stereocenters. The second-order valence-electron chi connectivity index (χ2n) is 6.99. The zero-order valence-electron chi connectivity index (χ0n) is 14.3. The molecule has 0 amide bonds. The first-order valence-electron chi connectivity index (χ1n) is 9.42. The van der Waals surface area contributed by atoms with Gasteiger partial charge in [-0.3, -0.25) is 0 Å². The van der Waals surface area contributed by atoms with Crippen LogP contribution >= 0.6 is 24.8 Å². The molecule has 0 atom stereocenters. The van der Waals surface area contributed by atoms with Crippen LogP contribution in [0.15, 0.2) is 0 Å². The number of nitrogens with one attached hydrogen (secondary N) is 2. The Labute approximate surface area is 150 Å². The van der Waals surface area contributed by atoms with Crippen LogP contribution in [-0.2, 0) is 0 Å². The third-order valence-corrected chi connectivity index (χ3v) is 5.18. The minimum Gasteiger partial charge on any atom is -0.314 e. The van der Waals surface area contributed by atoms with Gasteiger partial charge in [-0.2, -0.15) is 0 Å². The molecular formula is C18H38Cl2N2. The quantitative estimate of drug-likeness (QED) is 0.554. The van der Waals surface area contributed by atoms with Crippen molar-refractivity contribution in [3.63, 3.8) is 0 Å². The first-order valence-corrected chi connectivity index (χ1v) is 9.42. The van der Waals surface area contributed by atoms with E-state index in [4.69, 9.17) is 0 Å². The average Bonchev–Trinajstić information content (AvgIpc) is 2.52. The van der Waals surface area contributed by atoms with E-state index in [0.29, 0.717) is 0 Å². The lowest BCUT2D eigenvalue weighted by molar-refractivity contribution is 0.364. The third-order valence-electron chi connectivity index (χ3n) is 5.18. The van der Waals surface area contributed by atoms with E-state index in [2.05, 4.69) is 10.6 Å². The fraction of sp³-hybridized carbons (Fsp3) is 1.00. The third kappa shape index (κ3) is 10.3. The molecule has 2 fully saturated rings. The van der Waals surface area contributed by atoms with Gasteiger partial charge in [0.2, 0.25) is 0 Å². The largest absolute Gasteiger partial charge is 0.314 e. The van der Waals surface area contributed by atoms with Crippen LogP contribution in [0.5, 0.6) is 0 Å². The molecule has 0 aromatic heterocycles. The lowest BCUT2D eigenvalue weighted by atomic mass is 9.95. The van der Waals surface area contributed by atoms with Crippen molar-refractivity contribution >= 4 is 24.8 Å². The van der Waals surface area contributed by atoms with Crippen molar-refractivity contribution in [3.05, 3.63) is 0 Å². The number of hydrogen-bond donors (Lipinski definition) is 2. The molecule has 0 radical (unpaired) electrons. The normalized spacial score (nSPS) is 20.2. The highest BCUT2D eigenvalue weighted by Gasteiger charge is 2.12. The summed E-state index contributed by atoms with van der Waals surface area (Å²) in [5, 5.41) is 7.50. The summed E-state index contributed by atoms with van der Waals surface area (Å²) < 4.78 is 0. The zero-order chi connectivity index (χ0) is 13.9. The second-order valence-corrected chi connectivity index (χ2v) is 6.99. The Morgan fingerprint density at radius 2 is 0.864 bits per heavy atom. The fourth-order valence-electron chi connectivity index (χ4n) is 3.83. The molecule has 0 saturated heterocycles. The molecule has 0 aromatic rings. The van der Waals surface area contributed by atoms with E-state index in [1.165, 1.54) is 103 Å². The van der Waals surface area contributed by atoms with Crippen molar-refractivity contribution in [1.29, 1.82) is 0 Å². The van der Waals surface area contributed by atoms with E-state index >= 15 is 0 Å². The van der Waals surface area contributed by atoms with Gasteiger partial charge >= 0.3 is 0 Å². The molecule has 2 nitrogen and oxygen atoms in total. The summed E-state index contributed by atoms with van der Waals surface area (Å²) in [5.74, 6) is 0. The maximum Gasteiger partial charge on any atom is 0.00670 e. The Hall–Kier alpha value is 0.500. The summed E-state index contributed by atoms with van der Waals surface area (Å²) in [6.07, 6.45) is 20.0. The van der Waals surface area contributed by atoms with Gasteiger partial charge in [0.1, 0.15) is 0 Å². The van der Waals surface area contributed by atoms with E-state index < -0.39 is 0 Å². The monoisotopic (exact) mass is 352 g/mol. The van der Waals surface area contributed by atoms with E-state index in [-0.39, 0.29) is 24.8 Å². The minimum atomic E-state index is 0. The molecule has 0 bridgehead atoms. The molecular weight excluding hydrogens is 315 g/mol. The van der Waals surface area contributed by atoms with Crippen molar-refractivity contribution in [3.8, 4) is 0 Å². The van der Waals surface area contributed by atoms with Gasteiger partial charge in [-0.25, -0.2) is 0 Å². The molecule has 0 heterocycles. The van der Waals surface area contributed by atoms with Crippen LogP contribution in [0.4, 0.5) is 0 Å². The molecule has 0 spiro atoms. The average molecular weight is 353 g/mol. The van der Waals surface area contributed by atoms with Gasteiger partial charge < -0.3 is 10.6 Å². The predicted molar refractivity (Wildman–Crippen MR) is 103 cm³/mol. The molecule has 2 rings (SSSR count).